The average Bonchev–Trinajstić information content (AvgIpc) is 2.04. The van der Waals surface area contributed by atoms with E-state index in [0.717, 1.165) is 5.69 Å². The highest BCUT2D eigenvalue weighted by Crippen LogP contribution is 2.04. The van der Waals surface area contributed by atoms with Gasteiger partial charge in [0.15, 0.2) is 5.78 Å². The first-order valence-electron chi connectivity index (χ1n) is 3.35. The summed E-state index contributed by atoms with van der Waals surface area (Å²) in [6.45, 7) is 1.80. The van der Waals surface area contributed by atoms with Gasteiger partial charge in [0, 0.05) is 4.73 Å². The number of carbonyl (C=O) groups excluding carboxylic acids is 1. The van der Waals surface area contributed by atoms with Crippen molar-refractivity contribution in [2.75, 3.05) is 0 Å². The first-order valence-corrected chi connectivity index (χ1v) is 4.27. The van der Waals surface area contributed by atoms with Crippen LogP contribution in [-0.2, 0) is 0 Å². The molecule has 0 aliphatic rings. The summed E-state index contributed by atoms with van der Waals surface area (Å²) in [6, 6.07) is 3.32. The molecule has 1 unspecified atom stereocenters. The lowest BCUT2D eigenvalue weighted by molar-refractivity contribution is 0.100. The monoisotopic (exact) mass is 224 g/mol. The summed E-state index contributed by atoms with van der Waals surface area (Å²) in [6.07, 6.45) is 0. The molecule has 12 heavy (non-hydrogen) atoms. The van der Waals surface area contributed by atoms with Crippen LogP contribution in [0.4, 0.5) is 0 Å². The van der Waals surface area contributed by atoms with Crippen LogP contribution in [0.2, 0.25) is 0 Å². The van der Waals surface area contributed by atoms with Crippen molar-refractivity contribution in [2.24, 2.45) is 0 Å². The molecule has 0 amide bonds. The lowest BCUT2D eigenvalue weighted by Gasteiger charge is -2.00. The molecule has 0 saturated carbocycles. The van der Waals surface area contributed by atoms with Crippen LogP contribution in [0.1, 0.15) is 16.2 Å². The van der Waals surface area contributed by atoms with Gasteiger partial charge in [-0.05, 0) is 19.1 Å². The minimum Gasteiger partial charge on any atom is -0.292 e. The highest BCUT2D eigenvalue weighted by Gasteiger charge is 2.12. The van der Waals surface area contributed by atoms with Crippen LogP contribution < -0.4 is 0 Å². The minimum absolute atomic E-state index is 0.262. The van der Waals surface area contributed by atoms with Crippen molar-refractivity contribution in [3.05, 3.63) is 23.5 Å². The SMILES string of the molecule is [B]C(Br)C(=O)c1ccc(C)nn1. The number of carbonyl (C=O) groups is 1. The van der Waals surface area contributed by atoms with Crippen LogP contribution in [0, 0.1) is 6.92 Å². The van der Waals surface area contributed by atoms with Gasteiger partial charge < -0.3 is 0 Å². The molecular formula is C7H6BBrN2O. The third-order valence-electron chi connectivity index (χ3n) is 1.30. The second-order valence-electron chi connectivity index (χ2n) is 2.33. The molecule has 0 fully saturated rings. The summed E-state index contributed by atoms with van der Waals surface area (Å²) in [5.41, 5.74) is 1.06. The van der Waals surface area contributed by atoms with Crippen molar-refractivity contribution in [1.29, 1.82) is 0 Å². The number of Topliss-reactive ketones (excluding diaryl/α,β-unsaturated/α-hetero) is 1. The van der Waals surface area contributed by atoms with Gasteiger partial charge in [0.2, 0.25) is 0 Å². The molecule has 2 radical (unpaired) electrons. The molecule has 0 saturated heterocycles. The summed E-state index contributed by atoms with van der Waals surface area (Å²) >= 11 is 2.96. The van der Waals surface area contributed by atoms with E-state index in [9.17, 15) is 4.79 Å². The van der Waals surface area contributed by atoms with E-state index >= 15 is 0 Å². The largest absolute Gasteiger partial charge is 0.292 e. The lowest BCUT2D eigenvalue weighted by atomic mass is 9.98. The molecule has 60 valence electrons. The van der Waals surface area contributed by atoms with E-state index in [4.69, 9.17) is 7.85 Å². The molecule has 5 heteroatoms. The Hall–Kier alpha value is -0.705. The summed E-state index contributed by atoms with van der Waals surface area (Å²) in [5, 5.41) is 7.43. The number of aromatic nitrogens is 2. The molecule has 1 aromatic rings. The number of nitrogens with zero attached hydrogens (tertiary/aromatic N) is 2. The maximum Gasteiger partial charge on any atom is 0.187 e. The van der Waals surface area contributed by atoms with Crippen LogP contribution in [0.5, 0.6) is 0 Å². The fourth-order valence-corrected chi connectivity index (χ4v) is 0.906. The van der Waals surface area contributed by atoms with Gasteiger partial charge in [-0.1, -0.05) is 15.9 Å². The van der Waals surface area contributed by atoms with E-state index in [-0.39, 0.29) is 11.5 Å². The van der Waals surface area contributed by atoms with E-state index in [1.807, 2.05) is 0 Å². The van der Waals surface area contributed by atoms with Crippen molar-refractivity contribution >= 4 is 29.6 Å². The van der Waals surface area contributed by atoms with Crippen LogP contribution in [-0.4, -0.2) is 28.6 Å². The Morgan fingerprint density at radius 3 is 2.67 bits per heavy atom. The van der Waals surface area contributed by atoms with E-state index in [2.05, 4.69) is 26.1 Å². The molecular weight excluding hydrogens is 219 g/mol. The smallest absolute Gasteiger partial charge is 0.187 e. The number of alkyl halides is 1. The summed E-state index contributed by atoms with van der Waals surface area (Å²) in [7, 11) is 5.31. The number of aryl methyl sites for hydroxylation is 1. The normalized spacial score (nSPS) is 12.5. The second-order valence-corrected chi connectivity index (χ2v) is 3.31. The van der Waals surface area contributed by atoms with Gasteiger partial charge in [0.1, 0.15) is 5.69 Å². The van der Waals surface area contributed by atoms with Crippen molar-refractivity contribution < 1.29 is 4.79 Å². The molecule has 1 atom stereocenters. The summed E-state index contributed by atoms with van der Waals surface area (Å²) in [4.78, 5) is 11.2. The van der Waals surface area contributed by atoms with Crippen molar-refractivity contribution in [2.45, 2.75) is 11.7 Å². The highest BCUT2D eigenvalue weighted by atomic mass is 79.9. The summed E-state index contributed by atoms with van der Waals surface area (Å²) < 4.78 is -0.700. The van der Waals surface area contributed by atoms with E-state index in [0.29, 0.717) is 0 Å². The number of hydrogen-bond donors (Lipinski definition) is 0. The Labute approximate surface area is 80.1 Å². The van der Waals surface area contributed by atoms with Gasteiger partial charge in [-0.3, -0.25) is 4.79 Å². The molecule has 1 heterocycles. The summed E-state index contributed by atoms with van der Waals surface area (Å²) in [5.74, 6) is -0.262. The van der Waals surface area contributed by atoms with Crippen LogP contribution >= 0.6 is 15.9 Å². The van der Waals surface area contributed by atoms with E-state index in [1.54, 1.807) is 19.1 Å². The fraction of sp³-hybridized carbons (Fsp3) is 0.286. The fourth-order valence-electron chi connectivity index (χ4n) is 0.672. The van der Waals surface area contributed by atoms with Crippen LogP contribution in [0.15, 0.2) is 12.1 Å². The van der Waals surface area contributed by atoms with E-state index in [1.165, 1.54) is 0 Å². The quantitative estimate of drug-likeness (QED) is 0.425. The van der Waals surface area contributed by atoms with Gasteiger partial charge in [-0.15, -0.1) is 5.10 Å². The zero-order valence-electron chi connectivity index (χ0n) is 6.49. The maximum absolute atomic E-state index is 11.2. The van der Waals surface area contributed by atoms with Gasteiger partial charge >= 0.3 is 0 Å². The second kappa shape index (κ2) is 3.80. The van der Waals surface area contributed by atoms with Gasteiger partial charge in [-0.2, -0.15) is 5.10 Å². The maximum atomic E-state index is 11.2. The molecule has 0 bridgehead atoms. The number of halogens is 1. The van der Waals surface area contributed by atoms with Crippen molar-refractivity contribution in [1.82, 2.24) is 10.2 Å². The van der Waals surface area contributed by atoms with Crippen LogP contribution in [0.25, 0.3) is 0 Å². The Kier molecular flexibility index (Phi) is 2.97. The van der Waals surface area contributed by atoms with E-state index < -0.39 is 4.73 Å². The molecule has 0 spiro atoms. The zero-order chi connectivity index (χ0) is 9.14. The third kappa shape index (κ3) is 2.14. The Morgan fingerprint density at radius 1 is 1.58 bits per heavy atom. The lowest BCUT2D eigenvalue weighted by Crippen LogP contribution is -2.15. The molecule has 0 aromatic carbocycles. The third-order valence-corrected chi connectivity index (χ3v) is 1.72. The molecule has 0 N–H and O–H groups in total. The van der Waals surface area contributed by atoms with Gasteiger partial charge in [0.05, 0.1) is 13.5 Å². The molecule has 1 rings (SSSR count). The Bertz CT molecular complexity index is 286. The topological polar surface area (TPSA) is 42.9 Å². The Morgan fingerprint density at radius 2 is 2.25 bits per heavy atom. The Balaban J connectivity index is 2.90. The van der Waals surface area contributed by atoms with Crippen molar-refractivity contribution in [3.63, 3.8) is 0 Å². The molecule has 1 aromatic heterocycles. The standard InChI is InChI=1S/C7H6BBrN2O/c1-4-2-3-5(11-10-4)6(12)7(8)9/h2-3,7H,1H3. The number of hydrogen-bond acceptors (Lipinski definition) is 3. The number of rotatable bonds is 2. The van der Waals surface area contributed by atoms with Gasteiger partial charge in [0.25, 0.3) is 0 Å². The van der Waals surface area contributed by atoms with Crippen LogP contribution in [0.3, 0.4) is 0 Å². The average molecular weight is 225 g/mol. The zero-order valence-corrected chi connectivity index (χ0v) is 8.08. The highest BCUT2D eigenvalue weighted by molar-refractivity contribution is 9.10. The number of ketones is 1. The first-order chi connectivity index (χ1) is 5.61. The predicted octanol–water partition coefficient (Wildman–Crippen LogP) is 0.857. The first kappa shape index (κ1) is 9.38. The molecule has 0 aliphatic carbocycles. The van der Waals surface area contributed by atoms with Gasteiger partial charge in [-0.25, -0.2) is 0 Å². The molecule has 0 aliphatic heterocycles. The molecule has 3 nitrogen and oxygen atoms in total. The van der Waals surface area contributed by atoms with Crippen molar-refractivity contribution in [3.8, 4) is 0 Å². The predicted molar refractivity (Wildman–Crippen MR) is 49.6 cm³/mol. The minimum atomic E-state index is -0.700.